The van der Waals surface area contributed by atoms with Crippen LogP contribution in [-0.2, 0) is 6.54 Å². The third kappa shape index (κ3) is 3.61. The van der Waals surface area contributed by atoms with Crippen molar-refractivity contribution in [3.05, 3.63) is 51.0 Å². The summed E-state index contributed by atoms with van der Waals surface area (Å²) in [6, 6.07) is 6.70. The van der Waals surface area contributed by atoms with Crippen molar-refractivity contribution < 1.29 is 8.78 Å². The van der Waals surface area contributed by atoms with Crippen molar-refractivity contribution in [2.24, 2.45) is 0 Å². The standard InChI is InChI=1S/C15H18F2N2S/c1-9(14-10(2)19-11(3)20-14)18-8-12-5-4-6-13(7-12)15(16)17/h4-7,9,15,18H,8H2,1-3H3. The molecule has 0 fully saturated rings. The molecule has 1 N–H and O–H groups in total. The van der Waals surface area contributed by atoms with E-state index in [0.717, 1.165) is 16.3 Å². The number of hydrogen-bond donors (Lipinski definition) is 1. The molecule has 0 spiro atoms. The van der Waals surface area contributed by atoms with Gasteiger partial charge in [-0.15, -0.1) is 11.3 Å². The number of aryl methyl sites for hydroxylation is 2. The lowest BCUT2D eigenvalue weighted by atomic mass is 10.1. The number of hydrogen-bond acceptors (Lipinski definition) is 3. The van der Waals surface area contributed by atoms with Crippen LogP contribution in [0.5, 0.6) is 0 Å². The zero-order chi connectivity index (χ0) is 14.7. The third-order valence-corrected chi connectivity index (χ3v) is 4.40. The van der Waals surface area contributed by atoms with Gasteiger partial charge in [0.15, 0.2) is 0 Å². The molecular formula is C15H18F2N2S. The van der Waals surface area contributed by atoms with Crippen LogP contribution in [0.4, 0.5) is 8.78 Å². The Balaban J connectivity index is 2.01. The molecule has 1 aromatic heterocycles. The van der Waals surface area contributed by atoms with Gasteiger partial charge in [-0.05, 0) is 32.4 Å². The zero-order valence-corrected chi connectivity index (χ0v) is 12.6. The summed E-state index contributed by atoms with van der Waals surface area (Å²) in [5.74, 6) is 0. The predicted molar refractivity (Wildman–Crippen MR) is 78.2 cm³/mol. The van der Waals surface area contributed by atoms with E-state index < -0.39 is 6.43 Å². The maximum Gasteiger partial charge on any atom is 0.263 e. The summed E-state index contributed by atoms with van der Waals surface area (Å²) in [5.41, 5.74) is 1.98. The van der Waals surface area contributed by atoms with E-state index >= 15 is 0 Å². The van der Waals surface area contributed by atoms with Crippen molar-refractivity contribution in [1.82, 2.24) is 10.3 Å². The van der Waals surface area contributed by atoms with Crippen LogP contribution in [0, 0.1) is 13.8 Å². The Kier molecular flexibility index (Phi) is 4.83. The molecule has 20 heavy (non-hydrogen) atoms. The highest BCUT2D eigenvalue weighted by Crippen LogP contribution is 2.25. The quantitative estimate of drug-likeness (QED) is 0.875. The molecule has 1 atom stereocenters. The Bertz CT molecular complexity index is 581. The topological polar surface area (TPSA) is 24.9 Å². The van der Waals surface area contributed by atoms with Gasteiger partial charge in [0, 0.05) is 23.0 Å². The maximum atomic E-state index is 12.6. The van der Waals surface area contributed by atoms with Gasteiger partial charge in [0.2, 0.25) is 0 Å². The van der Waals surface area contributed by atoms with Crippen molar-refractivity contribution >= 4 is 11.3 Å². The molecule has 1 unspecified atom stereocenters. The molecule has 2 nitrogen and oxygen atoms in total. The average molecular weight is 296 g/mol. The molecule has 0 saturated heterocycles. The molecule has 0 amide bonds. The molecule has 0 bridgehead atoms. The highest BCUT2D eigenvalue weighted by molar-refractivity contribution is 7.11. The first-order valence-corrected chi connectivity index (χ1v) is 7.33. The molecule has 0 radical (unpaired) electrons. The number of benzene rings is 1. The summed E-state index contributed by atoms with van der Waals surface area (Å²) < 4.78 is 25.3. The number of nitrogens with one attached hydrogen (secondary N) is 1. The van der Waals surface area contributed by atoms with Gasteiger partial charge >= 0.3 is 0 Å². The van der Waals surface area contributed by atoms with E-state index in [1.54, 1.807) is 23.5 Å². The van der Waals surface area contributed by atoms with Crippen molar-refractivity contribution in [2.75, 3.05) is 0 Å². The molecule has 0 aliphatic carbocycles. The van der Waals surface area contributed by atoms with Crippen LogP contribution in [0.1, 0.15) is 46.1 Å². The van der Waals surface area contributed by atoms with Crippen LogP contribution in [0.15, 0.2) is 24.3 Å². The van der Waals surface area contributed by atoms with Crippen LogP contribution in [-0.4, -0.2) is 4.98 Å². The fourth-order valence-corrected chi connectivity index (χ4v) is 3.11. The van der Waals surface area contributed by atoms with Gasteiger partial charge in [0.1, 0.15) is 0 Å². The Morgan fingerprint density at radius 1 is 1.30 bits per heavy atom. The number of rotatable bonds is 5. The molecular weight excluding hydrogens is 278 g/mol. The van der Waals surface area contributed by atoms with Crippen LogP contribution in [0.2, 0.25) is 0 Å². The number of aromatic nitrogens is 1. The second-order valence-corrected chi connectivity index (χ2v) is 6.07. The fourth-order valence-electron chi connectivity index (χ4n) is 2.15. The Morgan fingerprint density at radius 3 is 2.65 bits per heavy atom. The predicted octanol–water partition coefficient (Wildman–Crippen LogP) is 4.55. The van der Waals surface area contributed by atoms with Gasteiger partial charge in [-0.3, -0.25) is 0 Å². The summed E-state index contributed by atoms with van der Waals surface area (Å²) in [6.07, 6.45) is -2.42. The van der Waals surface area contributed by atoms with Gasteiger partial charge in [0.05, 0.1) is 10.7 Å². The molecule has 108 valence electrons. The largest absolute Gasteiger partial charge is 0.305 e. The summed E-state index contributed by atoms with van der Waals surface area (Å²) in [4.78, 5) is 5.61. The van der Waals surface area contributed by atoms with E-state index in [2.05, 4.69) is 17.2 Å². The summed E-state index contributed by atoms with van der Waals surface area (Å²) in [5, 5.41) is 4.41. The van der Waals surface area contributed by atoms with Gasteiger partial charge < -0.3 is 5.32 Å². The van der Waals surface area contributed by atoms with Crippen LogP contribution in [0.3, 0.4) is 0 Å². The van der Waals surface area contributed by atoms with Gasteiger partial charge in [-0.25, -0.2) is 13.8 Å². The SMILES string of the molecule is Cc1nc(C)c(C(C)NCc2cccc(C(F)F)c2)s1. The van der Waals surface area contributed by atoms with E-state index in [0.29, 0.717) is 6.54 Å². The Labute approximate surface area is 121 Å². The summed E-state index contributed by atoms with van der Waals surface area (Å²) in [6.45, 7) is 6.61. The van der Waals surface area contributed by atoms with Crippen LogP contribution in [0.25, 0.3) is 0 Å². The second-order valence-electron chi connectivity index (χ2n) is 4.83. The zero-order valence-electron chi connectivity index (χ0n) is 11.8. The molecule has 1 heterocycles. The van der Waals surface area contributed by atoms with Crippen molar-refractivity contribution in [1.29, 1.82) is 0 Å². The lowest BCUT2D eigenvalue weighted by molar-refractivity contribution is 0.151. The second kappa shape index (κ2) is 6.41. The highest BCUT2D eigenvalue weighted by atomic mass is 32.1. The van der Waals surface area contributed by atoms with E-state index in [9.17, 15) is 8.78 Å². The molecule has 1 aromatic carbocycles. The summed E-state index contributed by atoms with van der Waals surface area (Å²) in [7, 11) is 0. The number of halogens is 2. The Morgan fingerprint density at radius 2 is 2.05 bits per heavy atom. The monoisotopic (exact) mass is 296 g/mol. The lowest BCUT2D eigenvalue weighted by Gasteiger charge is -2.13. The van der Waals surface area contributed by atoms with Gasteiger partial charge in [0.25, 0.3) is 6.43 Å². The van der Waals surface area contributed by atoms with Crippen LogP contribution < -0.4 is 5.32 Å². The van der Waals surface area contributed by atoms with E-state index in [-0.39, 0.29) is 11.6 Å². The smallest absolute Gasteiger partial charge is 0.263 e. The minimum Gasteiger partial charge on any atom is -0.305 e. The van der Waals surface area contributed by atoms with Crippen molar-refractivity contribution in [3.8, 4) is 0 Å². The molecule has 2 aromatic rings. The highest BCUT2D eigenvalue weighted by Gasteiger charge is 2.13. The number of thiazole rings is 1. The Hall–Kier alpha value is -1.33. The minimum atomic E-state index is -2.42. The average Bonchev–Trinajstić information content (AvgIpc) is 2.75. The number of nitrogens with zero attached hydrogens (tertiary/aromatic N) is 1. The number of alkyl halides is 2. The van der Waals surface area contributed by atoms with Gasteiger partial charge in [-0.2, -0.15) is 0 Å². The normalized spacial score (nSPS) is 12.9. The minimum absolute atomic E-state index is 0.0711. The summed E-state index contributed by atoms with van der Waals surface area (Å²) >= 11 is 1.67. The fraction of sp³-hybridized carbons (Fsp3) is 0.400. The third-order valence-electron chi connectivity index (χ3n) is 3.15. The van der Waals surface area contributed by atoms with Crippen LogP contribution >= 0.6 is 11.3 Å². The van der Waals surface area contributed by atoms with E-state index in [1.807, 2.05) is 19.9 Å². The first-order valence-electron chi connectivity index (χ1n) is 6.51. The molecule has 5 heteroatoms. The molecule has 0 aliphatic rings. The maximum absolute atomic E-state index is 12.6. The molecule has 0 aliphatic heterocycles. The molecule has 0 saturated carbocycles. The van der Waals surface area contributed by atoms with Crippen molar-refractivity contribution in [2.45, 2.75) is 39.8 Å². The first-order chi connectivity index (χ1) is 9.47. The molecule has 2 rings (SSSR count). The van der Waals surface area contributed by atoms with E-state index in [1.165, 1.54) is 10.9 Å². The van der Waals surface area contributed by atoms with E-state index in [4.69, 9.17) is 0 Å². The van der Waals surface area contributed by atoms with Crippen molar-refractivity contribution in [3.63, 3.8) is 0 Å². The lowest BCUT2D eigenvalue weighted by Crippen LogP contribution is -2.18. The first kappa shape index (κ1) is 15.1. The van der Waals surface area contributed by atoms with Gasteiger partial charge in [-0.1, -0.05) is 18.2 Å².